The topological polar surface area (TPSA) is 52.7 Å². The van der Waals surface area contributed by atoms with Crippen LogP contribution in [0.3, 0.4) is 0 Å². The maximum Gasteiger partial charge on any atom is 0.0558 e. The van der Waals surface area contributed by atoms with Gasteiger partial charge in [0.2, 0.25) is 0 Å². The predicted octanol–water partition coefficient (Wildman–Crippen LogP) is 0.115. The van der Waals surface area contributed by atoms with E-state index in [1.807, 2.05) is 0 Å². The summed E-state index contributed by atoms with van der Waals surface area (Å²) in [6, 6.07) is 0. The van der Waals surface area contributed by atoms with Gasteiger partial charge in [-0.15, -0.1) is 0 Å². The zero-order chi connectivity index (χ0) is 11.6. The van der Waals surface area contributed by atoms with Gasteiger partial charge in [-0.3, -0.25) is 4.90 Å². The molecule has 0 spiro atoms. The minimum absolute atomic E-state index is 0.291. The fraction of sp³-hybridized carbons (Fsp3) is 1.00. The van der Waals surface area contributed by atoms with Gasteiger partial charge in [0.25, 0.3) is 0 Å². The van der Waals surface area contributed by atoms with E-state index < -0.39 is 0 Å². The lowest BCUT2D eigenvalue weighted by molar-refractivity contribution is 0.111. The van der Waals surface area contributed by atoms with Crippen LogP contribution in [0.25, 0.3) is 0 Å². The third-order valence-corrected chi connectivity index (χ3v) is 3.31. The maximum absolute atomic E-state index is 8.84. The van der Waals surface area contributed by atoms with Gasteiger partial charge in [-0.25, -0.2) is 0 Å². The van der Waals surface area contributed by atoms with E-state index in [2.05, 4.69) is 9.80 Å². The number of hydrogen-bond acceptors (Lipinski definition) is 4. The molecule has 96 valence electrons. The Morgan fingerprint density at radius 3 is 1.94 bits per heavy atom. The molecule has 1 heterocycles. The van der Waals surface area contributed by atoms with Crippen molar-refractivity contribution in [3.8, 4) is 0 Å². The van der Waals surface area contributed by atoms with Crippen LogP contribution >= 0.6 is 0 Å². The Kier molecular flexibility index (Phi) is 7.76. The second-order valence-electron chi connectivity index (χ2n) is 4.61. The van der Waals surface area contributed by atoms with E-state index in [0.29, 0.717) is 6.61 Å². The first-order valence-electron chi connectivity index (χ1n) is 6.62. The molecular formula is C12H27N3O. The number of hydrogen-bond donors (Lipinski definition) is 2. The molecule has 4 heteroatoms. The molecule has 0 aromatic heterocycles. The second kappa shape index (κ2) is 8.93. The zero-order valence-corrected chi connectivity index (χ0v) is 10.4. The van der Waals surface area contributed by atoms with E-state index in [1.54, 1.807) is 0 Å². The molecule has 0 radical (unpaired) electrons. The molecule has 0 unspecified atom stereocenters. The minimum Gasteiger partial charge on any atom is -0.395 e. The molecule has 3 N–H and O–H groups in total. The normalized spacial score (nSPS) is 19.1. The van der Waals surface area contributed by atoms with Crippen molar-refractivity contribution >= 4 is 0 Å². The van der Waals surface area contributed by atoms with Gasteiger partial charge < -0.3 is 15.7 Å². The first-order chi connectivity index (χ1) is 7.86. The highest BCUT2D eigenvalue weighted by Crippen LogP contribution is 2.05. The third kappa shape index (κ3) is 5.80. The lowest BCUT2D eigenvalue weighted by Gasteiger charge is -2.34. The van der Waals surface area contributed by atoms with Gasteiger partial charge >= 0.3 is 0 Å². The molecule has 1 aliphatic heterocycles. The fourth-order valence-corrected chi connectivity index (χ4v) is 2.21. The predicted molar refractivity (Wildman–Crippen MR) is 67.5 cm³/mol. The number of aliphatic hydroxyl groups excluding tert-OH is 1. The molecule has 0 amide bonds. The Bertz CT molecular complexity index is 158. The molecule has 0 bridgehead atoms. The largest absolute Gasteiger partial charge is 0.395 e. The van der Waals surface area contributed by atoms with Gasteiger partial charge in [-0.05, 0) is 25.9 Å². The summed E-state index contributed by atoms with van der Waals surface area (Å²) in [6.07, 6.45) is 5.07. The van der Waals surface area contributed by atoms with Gasteiger partial charge in [-0.2, -0.15) is 0 Å². The molecule has 1 fully saturated rings. The summed E-state index contributed by atoms with van der Waals surface area (Å²) in [7, 11) is 0. The Labute approximate surface area is 99.4 Å². The average Bonchev–Trinajstić information content (AvgIpc) is 2.31. The van der Waals surface area contributed by atoms with Gasteiger partial charge in [0.15, 0.2) is 0 Å². The summed E-state index contributed by atoms with van der Waals surface area (Å²) in [5.74, 6) is 0. The van der Waals surface area contributed by atoms with Crippen molar-refractivity contribution in [1.29, 1.82) is 0 Å². The number of piperazine rings is 1. The van der Waals surface area contributed by atoms with Gasteiger partial charge in [-0.1, -0.05) is 12.8 Å². The molecule has 0 aliphatic carbocycles. The van der Waals surface area contributed by atoms with Crippen molar-refractivity contribution in [2.75, 3.05) is 52.4 Å². The minimum atomic E-state index is 0.291. The molecule has 4 nitrogen and oxygen atoms in total. The summed E-state index contributed by atoms with van der Waals surface area (Å²) < 4.78 is 0. The molecule has 0 saturated carbocycles. The molecule has 1 rings (SSSR count). The van der Waals surface area contributed by atoms with Gasteiger partial charge in [0.1, 0.15) is 0 Å². The van der Waals surface area contributed by atoms with E-state index in [1.165, 1.54) is 32.2 Å². The Morgan fingerprint density at radius 2 is 1.38 bits per heavy atom. The monoisotopic (exact) mass is 229 g/mol. The van der Waals surface area contributed by atoms with Crippen molar-refractivity contribution in [1.82, 2.24) is 9.80 Å². The van der Waals surface area contributed by atoms with E-state index in [9.17, 15) is 0 Å². The number of rotatable bonds is 8. The van der Waals surface area contributed by atoms with E-state index in [0.717, 1.165) is 39.3 Å². The van der Waals surface area contributed by atoms with Crippen LogP contribution in [0, 0.1) is 0 Å². The van der Waals surface area contributed by atoms with Gasteiger partial charge in [0, 0.05) is 32.7 Å². The SMILES string of the molecule is NCCCCCCN1CCN(CCO)CC1. The lowest BCUT2D eigenvalue weighted by Crippen LogP contribution is -2.47. The smallest absolute Gasteiger partial charge is 0.0558 e. The van der Waals surface area contributed by atoms with Crippen molar-refractivity contribution in [3.63, 3.8) is 0 Å². The number of unbranched alkanes of at least 4 members (excludes halogenated alkanes) is 3. The van der Waals surface area contributed by atoms with Crippen LogP contribution in [-0.4, -0.2) is 67.3 Å². The Morgan fingerprint density at radius 1 is 0.812 bits per heavy atom. The standard InChI is InChI=1S/C12H27N3O/c13-5-3-1-2-4-6-14-7-9-15(10-8-14)11-12-16/h16H,1-13H2. The Balaban J connectivity index is 1.95. The van der Waals surface area contributed by atoms with Crippen molar-refractivity contribution in [3.05, 3.63) is 0 Å². The van der Waals surface area contributed by atoms with Crippen LogP contribution in [0.1, 0.15) is 25.7 Å². The molecule has 0 atom stereocenters. The summed E-state index contributed by atoms with van der Waals surface area (Å²) in [5.41, 5.74) is 5.46. The van der Waals surface area contributed by atoms with Crippen LogP contribution in [0.2, 0.25) is 0 Å². The van der Waals surface area contributed by atoms with Crippen LogP contribution in [0.4, 0.5) is 0 Å². The van der Waals surface area contributed by atoms with Crippen molar-refractivity contribution in [2.24, 2.45) is 5.73 Å². The number of nitrogens with zero attached hydrogens (tertiary/aromatic N) is 2. The number of aliphatic hydroxyl groups is 1. The van der Waals surface area contributed by atoms with E-state index >= 15 is 0 Å². The second-order valence-corrected chi connectivity index (χ2v) is 4.61. The molecule has 16 heavy (non-hydrogen) atoms. The van der Waals surface area contributed by atoms with Crippen LogP contribution in [-0.2, 0) is 0 Å². The molecule has 0 aromatic rings. The lowest BCUT2D eigenvalue weighted by atomic mass is 10.2. The first kappa shape index (κ1) is 13.9. The molecule has 1 aliphatic rings. The molecule has 1 saturated heterocycles. The summed E-state index contributed by atoms with van der Waals surface area (Å²) in [5, 5.41) is 8.84. The van der Waals surface area contributed by atoms with E-state index in [-0.39, 0.29) is 0 Å². The highest BCUT2D eigenvalue weighted by Gasteiger charge is 2.15. The summed E-state index contributed by atoms with van der Waals surface area (Å²) >= 11 is 0. The van der Waals surface area contributed by atoms with Gasteiger partial charge in [0.05, 0.1) is 6.61 Å². The van der Waals surface area contributed by atoms with E-state index in [4.69, 9.17) is 10.8 Å². The van der Waals surface area contributed by atoms with Crippen molar-refractivity contribution in [2.45, 2.75) is 25.7 Å². The molecular weight excluding hydrogens is 202 g/mol. The fourth-order valence-electron chi connectivity index (χ4n) is 2.21. The quantitative estimate of drug-likeness (QED) is 0.580. The maximum atomic E-state index is 8.84. The zero-order valence-electron chi connectivity index (χ0n) is 10.4. The number of β-amino-alcohol motifs (C(OH)–C–C–N with tert-alkyl or cyclic N) is 1. The van der Waals surface area contributed by atoms with Crippen LogP contribution < -0.4 is 5.73 Å². The average molecular weight is 229 g/mol. The summed E-state index contributed by atoms with van der Waals surface area (Å²) in [6.45, 7) is 7.75. The van der Waals surface area contributed by atoms with Crippen LogP contribution in [0.15, 0.2) is 0 Å². The Hall–Kier alpha value is -0.160. The molecule has 0 aromatic carbocycles. The third-order valence-electron chi connectivity index (χ3n) is 3.31. The number of nitrogens with two attached hydrogens (primary N) is 1. The summed E-state index contributed by atoms with van der Waals surface area (Å²) in [4.78, 5) is 4.88. The highest BCUT2D eigenvalue weighted by atomic mass is 16.3. The van der Waals surface area contributed by atoms with Crippen LogP contribution in [0.5, 0.6) is 0 Å². The highest BCUT2D eigenvalue weighted by molar-refractivity contribution is 4.71. The first-order valence-corrected chi connectivity index (χ1v) is 6.62. The van der Waals surface area contributed by atoms with Crippen molar-refractivity contribution < 1.29 is 5.11 Å².